The molecule has 0 aliphatic carbocycles. The van der Waals surface area contributed by atoms with Crippen LogP contribution in [0.4, 0.5) is 0 Å². The summed E-state index contributed by atoms with van der Waals surface area (Å²) in [6.07, 6.45) is 0. The topological polar surface area (TPSA) is 44.5 Å². The number of hydrogen-bond donors (Lipinski definition) is 1. The van der Waals surface area contributed by atoms with Gasteiger partial charge in [-0.05, 0) is 25.0 Å². The molecule has 0 radical (unpaired) electrons. The second-order valence-corrected chi connectivity index (χ2v) is 5.87. The van der Waals surface area contributed by atoms with Gasteiger partial charge in [-0.1, -0.05) is 23.8 Å². The van der Waals surface area contributed by atoms with Crippen molar-refractivity contribution in [3.8, 4) is 0 Å². The van der Waals surface area contributed by atoms with E-state index < -0.39 is 0 Å². The van der Waals surface area contributed by atoms with E-state index in [1.807, 2.05) is 0 Å². The Kier molecular flexibility index (Phi) is 2.73. The van der Waals surface area contributed by atoms with Crippen LogP contribution in [0.5, 0.6) is 0 Å². The van der Waals surface area contributed by atoms with Gasteiger partial charge in [0.1, 0.15) is 0 Å². The summed E-state index contributed by atoms with van der Waals surface area (Å²) in [5.41, 5.74) is 10.2. The Labute approximate surface area is 108 Å². The molecule has 3 nitrogen and oxygen atoms in total. The number of nitrogens with two attached hydrogens (primary N) is 1. The summed E-state index contributed by atoms with van der Waals surface area (Å²) in [7, 11) is 0. The Balaban J connectivity index is 2.08. The third-order valence-electron chi connectivity index (χ3n) is 4.77. The zero-order chi connectivity index (χ0) is 12.8. The molecule has 98 valence electrons. The van der Waals surface area contributed by atoms with Crippen molar-refractivity contribution in [3.63, 3.8) is 0 Å². The van der Waals surface area contributed by atoms with Crippen LogP contribution in [0.2, 0.25) is 0 Å². The first-order valence-corrected chi connectivity index (χ1v) is 6.57. The second-order valence-electron chi connectivity index (χ2n) is 5.87. The van der Waals surface area contributed by atoms with Crippen LogP contribution in [-0.4, -0.2) is 33.0 Å². The molecule has 0 unspecified atom stereocenters. The molecule has 2 aliphatic rings. The summed E-state index contributed by atoms with van der Waals surface area (Å²) in [5.74, 6) is 0. The lowest BCUT2D eigenvalue weighted by molar-refractivity contribution is -0.224. The molecule has 1 aromatic rings. The van der Waals surface area contributed by atoms with Gasteiger partial charge in [-0.2, -0.15) is 0 Å². The Morgan fingerprint density at radius 3 is 2.22 bits per heavy atom. The van der Waals surface area contributed by atoms with Crippen LogP contribution in [0.25, 0.3) is 0 Å². The van der Waals surface area contributed by atoms with E-state index in [0.717, 1.165) is 26.4 Å². The summed E-state index contributed by atoms with van der Waals surface area (Å²) >= 11 is 0. The van der Waals surface area contributed by atoms with Crippen molar-refractivity contribution in [2.24, 2.45) is 11.1 Å². The van der Waals surface area contributed by atoms with E-state index in [-0.39, 0.29) is 10.8 Å². The minimum absolute atomic E-state index is 0.0656. The zero-order valence-electron chi connectivity index (χ0n) is 11.2. The fraction of sp³-hybridized carbons (Fsp3) is 0.600. The maximum Gasteiger partial charge on any atom is 0.0593 e. The Hall–Kier alpha value is -0.900. The first-order chi connectivity index (χ1) is 8.63. The predicted octanol–water partition coefficient (Wildman–Crippen LogP) is 1.55. The molecule has 2 N–H and O–H groups in total. The molecule has 2 saturated heterocycles. The van der Waals surface area contributed by atoms with Gasteiger partial charge in [0, 0.05) is 12.0 Å². The third-order valence-corrected chi connectivity index (χ3v) is 4.77. The van der Waals surface area contributed by atoms with Crippen LogP contribution in [0.3, 0.4) is 0 Å². The number of rotatable bonds is 3. The van der Waals surface area contributed by atoms with Crippen molar-refractivity contribution < 1.29 is 9.47 Å². The standard InChI is InChI=1S/C15H21NO2/c1-11-3-4-12(2)13(5-11)15(9-18-10-15)14(6-16)7-17-8-14/h3-5H,6-10,16H2,1-2H3. The first kappa shape index (κ1) is 12.2. The van der Waals surface area contributed by atoms with Crippen molar-refractivity contribution in [1.29, 1.82) is 0 Å². The second kappa shape index (κ2) is 4.05. The molecule has 2 heterocycles. The molecular weight excluding hydrogens is 226 g/mol. The smallest absolute Gasteiger partial charge is 0.0593 e. The molecule has 3 heteroatoms. The van der Waals surface area contributed by atoms with Gasteiger partial charge in [-0.3, -0.25) is 0 Å². The zero-order valence-corrected chi connectivity index (χ0v) is 11.2. The van der Waals surface area contributed by atoms with E-state index >= 15 is 0 Å². The molecule has 0 saturated carbocycles. The summed E-state index contributed by atoms with van der Waals surface area (Å²) < 4.78 is 11.0. The lowest BCUT2D eigenvalue weighted by Gasteiger charge is -2.59. The number of aryl methyl sites for hydroxylation is 2. The monoisotopic (exact) mass is 247 g/mol. The van der Waals surface area contributed by atoms with Gasteiger partial charge in [0.25, 0.3) is 0 Å². The fourth-order valence-electron chi connectivity index (χ4n) is 3.24. The quantitative estimate of drug-likeness (QED) is 0.881. The van der Waals surface area contributed by atoms with Crippen molar-refractivity contribution in [2.45, 2.75) is 19.3 Å². The SMILES string of the molecule is Cc1ccc(C)c(C2(C3(CN)COC3)COC2)c1. The van der Waals surface area contributed by atoms with Crippen LogP contribution >= 0.6 is 0 Å². The van der Waals surface area contributed by atoms with Crippen LogP contribution in [-0.2, 0) is 14.9 Å². The normalized spacial score (nSPS) is 24.2. The average Bonchev–Trinajstić information content (AvgIpc) is 2.25. The van der Waals surface area contributed by atoms with E-state index in [4.69, 9.17) is 15.2 Å². The van der Waals surface area contributed by atoms with Crippen molar-refractivity contribution in [1.82, 2.24) is 0 Å². The molecule has 1 aromatic carbocycles. The molecule has 0 aromatic heterocycles. The number of hydrogen-bond acceptors (Lipinski definition) is 3. The molecule has 18 heavy (non-hydrogen) atoms. The molecular formula is C15H21NO2. The maximum atomic E-state index is 6.05. The molecule has 0 spiro atoms. The molecule has 0 amide bonds. The molecule has 3 rings (SSSR count). The number of ether oxygens (including phenoxy) is 2. The van der Waals surface area contributed by atoms with Gasteiger partial charge in [0.2, 0.25) is 0 Å². The van der Waals surface area contributed by atoms with Gasteiger partial charge in [-0.25, -0.2) is 0 Å². The van der Waals surface area contributed by atoms with Gasteiger partial charge >= 0.3 is 0 Å². The fourth-order valence-corrected chi connectivity index (χ4v) is 3.24. The Morgan fingerprint density at radius 1 is 1.11 bits per heavy atom. The highest BCUT2D eigenvalue weighted by Gasteiger charge is 2.60. The summed E-state index contributed by atoms with van der Waals surface area (Å²) in [4.78, 5) is 0. The average molecular weight is 247 g/mol. The van der Waals surface area contributed by atoms with Gasteiger partial charge < -0.3 is 15.2 Å². The van der Waals surface area contributed by atoms with E-state index in [1.165, 1.54) is 16.7 Å². The van der Waals surface area contributed by atoms with Gasteiger partial charge in [-0.15, -0.1) is 0 Å². The molecule has 2 aliphatic heterocycles. The van der Waals surface area contributed by atoms with Crippen LogP contribution in [0.1, 0.15) is 16.7 Å². The van der Waals surface area contributed by atoms with Gasteiger partial charge in [0.15, 0.2) is 0 Å². The molecule has 0 atom stereocenters. The molecule has 0 bridgehead atoms. The van der Waals surface area contributed by atoms with E-state index in [2.05, 4.69) is 32.0 Å². The Morgan fingerprint density at radius 2 is 1.78 bits per heavy atom. The minimum atomic E-state index is 0.0656. The maximum absolute atomic E-state index is 6.05. The summed E-state index contributed by atoms with van der Waals surface area (Å²) in [6.45, 7) is 8.07. The number of benzene rings is 1. The van der Waals surface area contributed by atoms with Crippen molar-refractivity contribution in [3.05, 3.63) is 34.9 Å². The highest BCUT2D eigenvalue weighted by Crippen LogP contribution is 2.52. The summed E-state index contributed by atoms with van der Waals surface area (Å²) in [5, 5.41) is 0. The van der Waals surface area contributed by atoms with Gasteiger partial charge in [0.05, 0.1) is 31.8 Å². The van der Waals surface area contributed by atoms with Crippen molar-refractivity contribution in [2.75, 3.05) is 33.0 Å². The van der Waals surface area contributed by atoms with Crippen LogP contribution in [0, 0.1) is 19.3 Å². The predicted molar refractivity (Wildman–Crippen MR) is 70.7 cm³/mol. The lowest BCUT2D eigenvalue weighted by Crippen LogP contribution is -2.69. The van der Waals surface area contributed by atoms with E-state index in [1.54, 1.807) is 0 Å². The highest BCUT2D eigenvalue weighted by atomic mass is 16.5. The molecule has 2 fully saturated rings. The first-order valence-electron chi connectivity index (χ1n) is 6.57. The lowest BCUT2D eigenvalue weighted by atomic mass is 9.56. The van der Waals surface area contributed by atoms with Crippen molar-refractivity contribution >= 4 is 0 Å². The highest BCUT2D eigenvalue weighted by molar-refractivity contribution is 5.41. The Bertz CT molecular complexity index is 456. The third kappa shape index (κ3) is 1.41. The minimum Gasteiger partial charge on any atom is -0.380 e. The largest absolute Gasteiger partial charge is 0.380 e. The summed E-state index contributed by atoms with van der Waals surface area (Å²) in [6, 6.07) is 6.67. The van der Waals surface area contributed by atoms with E-state index in [0.29, 0.717) is 6.54 Å². The van der Waals surface area contributed by atoms with Crippen LogP contribution in [0.15, 0.2) is 18.2 Å². The van der Waals surface area contributed by atoms with Crippen LogP contribution < -0.4 is 5.73 Å². The van der Waals surface area contributed by atoms with E-state index in [9.17, 15) is 0 Å².